The number of aromatic hydroxyl groups is 1. The molecule has 0 unspecified atom stereocenters. The van der Waals surface area contributed by atoms with Gasteiger partial charge in [-0.05, 0) is 52.7 Å². The summed E-state index contributed by atoms with van der Waals surface area (Å²) in [5, 5.41) is 15.0. The first-order valence-corrected chi connectivity index (χ1v) is 6.48. The maximum atomic E-state index is 11.8. The van der Waals surface area contributed by atoms with Gasteiger partial charge in [0.2, 0.25) is 0 Å². The van der Waals surface area contributed by atoms with Crippen LogP contribution in [0.4, 0.5) is 16.2 Å². The number of anilines is 2. The Labute approximate surface area is 119 Å². The number of benzene rings is 2. The Morgan fingerprint density at radius 1 is 1.11 bits per heavy atom. The Kier molecular flexibility index (Phi) is 4.06. The van der Waals surface area contributed by atoms with Crippen molar-refractivity contribution in [2.75, 3.05) is 10.6 Å². The van der Waals surface area contributed by atoms with Crippen LogP contribution in [0, 0.1) is 6.92 Å². The predicted molar refractivity (Wildman–Crippen MR) is 79.6 cm³/mol. The summed E-state index contributed by atoms with van der Waals surface area (Å²) in [5.41, 5.74) is 1.99. The standard InChI is InChI=1S/C14H13BrN2O2/c1-9-6-7-13(18)12(8-9)17-14(19)16-11-5-3-2-4-10(11)15/h2-8,18H,1H3,(H2,16,17,19). The summed E-state index contributed by atoms with van der Waals surface area (Å²) >= 11 is 3.34. The van der Waals surface area contributed by atoms with Gasteiger partial charge in [0.05, 0.1) is 11.4 Å². The van der Waals surface area contributed by atoms with Crippen molar-refractivity contribution in [2.45, 2.75) is 6.92 Å². The number of halogens is 1. The number of urea groups is 1. The number of amides is 2. The topological polar surface area (TPSA) is 61.4 Å². The van der Waals surface area contributed by atoms with Crippen LogP contribution in [0.3, 0.4) is 0 Å². The van der Waals surface area contributed by atoms with Crippen LogP contribution in [-0.4, -0.2) is 11.1 Å². The molecule has 2 rings (SSSR count). The van der Waals surface area contributed by atoms with Crippen molar-refractivity contribution in [2.24, 2.45) is 0 Å². The zero-order chi connectivity index (χ0) is 13.8. The van der Waals surface area contributed by atoms with Crippen LogP contribution in [0.1, 0.15) is 5.56 Å². The second-order valence-electron chi connectivity index (χ2n) is 4.08. The molecule has 0 bridgehead atoms. The van der Waals surface area contributed by atoms with Gasteiger partial charge < -0.3 is 15.7 Å². The van der Waals surface area contributed by atoms with Crippen molar-refractivity contribution in [1.29, 1.82) is 0 Å². The highest BCUT2D eigenvalue weighted by Gasteiger charge is 2.08. The van der Waals surface area contributed by atoms with Crippen molar-refractivity contribution in [3.63, 3.8) is 0 Å². The number of carbonyl (C=O) groups excluding carboxylic acids is 1. The molecule has 4 nitrogen and oxygen atoms in total. The second-order valence-corrected chi connectivity index (χ2v) is 4.93. The van der Waals surface area contributed by atoms with Crippen molar-refractivity contribution < 1.29 is 9.90 Å². The van der Waals surface area contributed by atoms with Crippen LogP contribution in [0.25, 0.3) is 0 Å². The van der Waals surface area contributed by atoms with Crippen molar-refractivity contribution in [3.8, 4) is 5.75 Å². The minimum absolute atomic E-state index is 0.0351. The van der Waals surface area contributed by atoms with Crippen LogP contribution in [0.15, 0.2) is 46.9 Å². The predicted octanol–water partition coefficient (Wildman–Crippen LogP) is 4.11. The average Bonchev–Trinajstić information content (AvgIpc) is 2.37. The Morgan fingerprint density at radius 3 is 2.53 bits per heavy atom. The van der Waals surface area contributed by atoms with E-state index in [2.05, 4.69) is 26.6 Å². The zero-order valence-corrected chi connectivity index (χ0v) is 11.9. The SMILES string of the molecule is Cc1ccc(O)c(NC(=O)Nc2ccccc2Br)c1. The Bertz CT molecular complexity index is 614. The fourth-order valence-electron chi connectivity index (χ4n) is 1.59. The van der Waals surface area contributed by atoms with E-state index in [0.717, 1.165) is 10.0 Å². The van der Waals surface area contributed by atoms with Crippen LogP contribution >= 0.6 is 15.9 Å². The summed E-state index contributed by atoms with van der Waals surface area (Å²) in [5.74, 6) is 0.0351. The van der Waals surface area contributed by atoms with Gasteiger partial charge in [0.25, 0.3) is 0 Å². The molecule has 2 amide bonds. The van der Waals surface area contributed by atoms with E-state index in [1.807, 2.05) is 25.1 Å². The quantitative estimate of drug-likeness (QED) is 0.729. The Balaban J connectivity index is 2.10. The molecule has 0 atom stereocenters. The van der Waals surface area contributed by atoms with Gasteiger partial charge in [-0.25, -0.2) is 4.79 Å². The number of aryl methyl sites for hydroxylation is 1. The first-order valence-electron chi connectivity index (χ1n) is 5.68. The molecule has 0 saturated heterocycles. The van der Waals surface area contributed by atoms with Gasteiger partial charge in [-0.2, -0.15) is 0 Å². The van der Waals surface area contributed by atoms with Gasteiger partial charge in [0.15, 0.2) is 0 Å². The normalized spacial score (nSPS) is 10.0. The lowest BCUT2D eigenvalue weighted by atomic mass is 10.2. The molecule has 98 valence electrons. The highest BCUT2D eigenvalue weighted by atomic mass is 79.9. The number of carbonyl (C=O) groups is 1. The maximum absolute atomic E-state index is 11.8. The van der Waals surface area contributed by atoms with Gasteiger partial charge in [-0.15, -0.1) is 0 Å². The van der Waals surface area contributed by atoms with Crippen LogP contribution in [0.2, 0.25) is 0 Å². The highest BCUT2D eigenvalue weighted by Crippen LogP contribution is 2.25. The molecule has 0 radical (unpaired) electrons. The number of rotatable bonds is 2. The van der Waals surface area contributed by atoms with Crippen LogP contribution < -0.4 is 10.6 Å². The third-order valence-electron chi connectivity index (χ3n) is 2.52. The van der Waals surface area contributed by atoms with Crippen molar-refractivity contribution in [3.05, 3.63) is 52.5 Å². The molecule has 0 saturated carbocycles. The summed E-state index contributed by atoms with van der Waals surface area (Å²) in [6, 6.07) is 11.9. The maximum Gasteiger partial charge on any atom is 0.323 e. The van der Waals surface area contributed by atoms with E-state index >= 15 is 0 Å². The molecule has 5 heteroatoms. The lowest BCUT2D eigenvalue weighted by Crippen LogP contribution is -2.19. The van der Waals surface area contributed by atoms with E-state index < -0.39 is 6.03 Å². The van der Waals surface area contributed by atoms with Gasteiger partial charge in [-0.1, -0.05) is 18.2 Å². The van der Waals surface area contributed by atoms with Gasteiger partial charge in [-0.3, -0.25) is 0 Å². The third kappa shape index (κ3) is 3.48. The lowest BCUT2D eigenvalue weighted by molar-refractivity contribution is 0.262. The molecule has 0 aliphatic carbocycles. The molecule has 2 aromatic carbocycles. The van der Waals surface area contributed by atoms with Gasteiger partial charge in [0, 0.05) is 4.47 Å². The molecule has 0 aromatic heterocycles. The first kappa shape index (κ1) is 13.4. The lowest BCUT2D eigenvalue weighted by Gasteiger charge is -2.10. The van der Waals surface area contributed by atoms with E-state index in [9.17, 15) is 9.90 Å². The number of phenols is 1. The third-order valence-corrected chi connectivity index (χ3v) is 3.21. The number of para-hydroxylation sites is 1. The summed E-state index contributed by atoms with van der Waals surface area (Å²) in [6.07, 6.45) is 0. The largest absolute Gasteiger partial charge is 0.506 e. The monoisotopic (exact) mass is 320 g/mol. The molecule has 0 spiro atoms. The van der Waals surface area contributed by atoms with Gasteiger partial charge >= 0.3 is 6.03 Å². The Hall–Kier alpha value is -2.01. The zero-order valence-electron chi connectivity index (χ0n) is 10.3. The molecular formula is C14H13BrN2O2. The summed E-state index contributed by atoms with van der Waals surface area (Å²) in [6.45, 7) is 1.89. The molecule has 0 aliphatic heterocycles. The minimum Gasteiger partial charge on any atom is -0.506 e. The first-order chi connectivity index (χ1) is 9.06. The van der Waals surface area contributed by atoms with E-state index in [4.69, 9.17) is 0 Å². The molecule has 2 aromatic rings. The minimum atomic E-state index is -0.409. The van der Waals surface area contributed by atoms with Gasteiger partial charge in [0.1, 0.15) is 5.75 Å². The molecule has 0 heterocycles. The fourth-order valence-corrected chi connectivity index (χ4v) is 1.97. The molecule has 0 aliphatic rings. The smallest absolute Gasteiger partial charge is 0.323 e. The van der Waals surface area contributed by atoms with Crippen molar-refractivity contribution in [1.82, 2.24) is 0 Å². The van der Waals surface area contributed by atoms with E-state index in [1.54, 1.807) is 24.3 Å². The fraction of sp³-hybridized carbons (Fsp3) is 0.0714. The van der Waals surface area contributed by atoms with E-state index in [0.29, 0.717) is 11.4 Å². The Morgan fingerprint density at radius 2 is 1.79 bits per heavy atom. The number of phenolic OH excluding ortho intramolecular Hbond substituents is 1. The molecule has 0 fully saturated rings. The van der Waals surface area contributed by atoms with E-state index in [-0.39, 0.29) is 5.75 Å². The number of hydrogen-bond acceptors (Lipinski definition) is 2. The molecule has 19 heavy (non-hydrogen) atoms. The number of hydrogen-bond donors (Lipinski definition) is 3. The summed E-state index contributed by atoms with van der Waals surface area (Å²) in [4.78, 5) is 11.8. The second kappa shape index (κ2) is 5.75. The number of nitrogens with one attached hydrogen (secondary N) is 2. The highest BCUT2D eigenvalue weighted by molar-refractivity contribution is 9.10. The van der Waals surface area contributed by atoms with E-state index in [1.165, 1.54) is 0 Å². The molecular weight excluding hydrogens is 308 g/mol. The average molecular weight is 321 g/mol. The summed E-state index contributed by atoms with van der Waals surface area (Å²) in [7, 11) is 0. The molecule has 3 N–H and O–H groups in total. The van der Waals surface area contributed by atoms with Crippen LogP contribution in [0.5, 0.6) is 5.75 Å². The van der Waals surface area contributed by atoms with Crippen LogP contribution in [-0.2, 0) is 0 Å². The van der Waals surface area contributed by atoms with Crippen molar-refractivity contribution >= 4 is 33.3 Å². The summed E-state index contributed by atoms with van der Waals surface area (Å²) < 4.78 is 0.790.